The Morgan fingerprint density at radius 2 is 2.00 bits per heavy atom. The van der Waals surface area contributed by atoms with Crippen LogP contribution < -0.4 is 5.73 Å². The molecule has 2 heterocycles. The third-order valence-corrected chi connectivity index (χ3v) is 4.91. The Morgan fingerprint density at radius 1 is 1.21 bits per heavy atom. The van der Waals surface area contributed by atoms with Gasteiger partial charge in [0.2, 0.25) is 11.7 Å². The molecule has 0 radical (unpaired) electrons. The van der Waals surface area contributed by atoms with E-state index in [1.165, 1.54) is 0 Å². The van der Waals surface area contributed by atoms with Gasteiger partial charge in [-0.1, -0.05) is 17.3 Å². The van der Waals surface area contributed by atoms with Crippen LogP contribution >= 0.6 is 0 Å². The van der Waals surface area contributed by atoms with E-state index in [9.17, 15) is 0 Å². The molecule has 1 aromatic carbocycles. The Bertz CT molecular complexity index is 842. The van der Waals surface area contributed by atoms with Gasteiger partial charge >= 0.3 is 0 Å². The van der Waals surface area contributed by atoms with Crippen LogP contribution in [-0.2, 0) is 0 Å². The van der Waals surface area contributed by atoms with Gasteiger partial charge in [-0.05, 0) is 45.6 Å². The number of fused-ring (bicyclic) bond motifs is 1. The van der Waals surface area contributed by atoms with E-state index in [1.807, 2.05) is 16.9 Å². The molecule has 3 aromatic rings. The first kappa shape index (κ1) is 15.3. The summed E-state index contributed by atoms with van der Waals surface area (Å²) in [5.41, 5.74) is 8.04. The van der Waals surface area contributed by atoms with Gasteiger partial charge in [-0.25, -0.2) is 0 Å². The summed E-state index contributed by atoms with van der Waals surface area (Å²) in [6.07, 6.45) is 6.01. The molecule has 0 unspecified atom stereocenters. The van der Waals surface area contributed by atoms with Gasteiger partial charge < -0.3 is 10.3 Å². The quantitative estimate of drug-likeness (QED) is 0.794. The van der Waals surface area contributed by atoms with Crippen LogP contribution in [0.5, 0.6) is 0 Å². The number of rotatable bonds is 3. The first-order chi connectivity index (χ1) is 11.6. The van der Waals surface area contributed by atoms with Crippen LogP contribution in [0.25, 0.3) is 22.3 Å². The van der Waals surface area contributed by atoms with Crippen LogP contribution in [-0.4, -0.2) is 26.0 Å². The molecule has 2 aromatic heterocycles. The van der Waals surface area contributed by atoms with Gasteiger partial charge in [0.15, 0.2) is 0 Å². The molecule has 126 valence electrons. The summed E-state index contributed by atoms with van der Waals surface area (Å²) in [4.78, 5) is 4.65. The highest BCUT2D eigenvalue weighted by Crippen LogP contribution is 2.32. The summed E-state index contributed by atoms with van der Waals surface area (Å²) in [7, 11) is 0. The molecule has 6 nitrogen and oxygen atoms in total. The zero-order chi connectivity index (χ0) is 16.7. The molecular formula is C18H23N5O. The van der Waals surface area contributed by atoms with Gasteiger partial charge in [-0.2, -0.15) is 10.1 Å². The van der Waals surface area contributed by atoms with Crippen molar-refractivity contribution in [1.82, 2.24) is 19.9 Å². The van der Waals surface area contributed by atoms with E-state index in [2.05, 4.69) is 41.2 Å². The monoisotopic (exact) mass is 325 g/mol. The maximum Gasteiger partial charge on any atom is 0.230 e. The third-order valence-electron chi connectivity index (χ3n) is 4.91. The van der Waals surface area contributed by atoms with E-state index in [1.54, 1.807) is 0 Å². The maximum atomic E-state index is 5.98. The summed E-state index contributed by atoms with van der Waals surface area (Å²) < 4.78 is 7.56. The average molecular weight is 325 g/mol. The van der Waals surface area contributed by atoms with Crippen molar-refractivity contribution in [2.45, 2.75) is 57.5 Å². The lowest BCUT2D eigenvalue weighted by molar-refractivity contribution is 0.301. The molecular weight excluding hydrogens is 302 g/mol. The van der Waals surface area contributed by atoms with Crippen molar-refractivity contribution in [3.05, 3.63) is 30.3 Å². The number of hydrogen-bond donors (Lipinski definition) is 1. The maximum absolute atomic E-state index is 5.98. The number of nitrogens with two attached hydrogens (primary N) is 1. The van der Waals surface area contributed by atoms with Crippen molar-refractivity contribution in [1.29, 1.82) is 0 Å². The first-order valence-corrected chi connectivity index (χ1v) is 8.68. The smallest absolute Gasteiger partial charge is 0.230 e. The highest BCUT2D eigenvalue weighted by Gasteiger charge is 2.25. The van der Waals surface area contributed by atoms with Crippen LogP contribution in [0.4, 0.5) is 0 Å². The summed E-state index contributed by atoms with van der Waals surface area (Å²) in [6.45, 7) is 4.25. The van der Waals surface area contributed by atoms with Gasteiger partial charge in [-0.15, -0.1) is 0 Å². The predicted octanol–water partition coefficient (Wildman–Crippen LogP) is 3.65. The predicted molar refractivity (Wildman–Crippen MR) is 92.6 cm³/mol. The minimum atomic E-state index is 0.310. The van der Waals surface area contributed by atoms with Crippen LogP contribution in [0.2, 0.25) is 0 Å². The SMILES string of the molecule is CC(C)n1ncc2ccc(-c3noc([C@H]4CC[C@H](N)CC4)n3)cc21. The second kappa shape index (κ2) is 6.02. The Morgan fingerprint density at radius 3 is 2.75 bits per heavy atom. The molecule has 0 atom stereocenters. The lowest BCUT2D eigenvalue weighted by atomic mass is 9.86. The van der Waals surface area contributed by atoms with E-state index in [0.717, 1.165) is 48.0 Å². The number of benzene rings is 1. The highest BCUT2D eigenvalue weighted by atomic mass is 16.5. The zero-order valence-corrected chi connectivity index (χ0v) is 14.1. The van der Waals surface area contributed by atoms with E-state index in [4.69, 9.17) is 10.3 Å². The lowest BCUT2D eigenvalue weighted by Gasteiger charge is -2.22. The number of hydrogen-bond acceptors (Lipinski definition) is 5. The molecule has 1 fully saturated rings. The molecule has 6 heteroatoms. The van der Waals surface area contributed by atoms with Crippen molar-refractivity contribution < 1.29 is 4.52 Å². The largest absolute Gasteiger partial charge is 0.339 e. The fourth-order valence-electron chi connectivity index (χ4n) is 3.47. The number of nitrogens with zero attached hydrogens (tertiary/aromatic N) is 4. The molecule has 0 spiro atoms. The van der Waals surface area contributed by atoms with E-state index >= 15 is 0 Å². The molecule has 0 bridgehead atoms. The van der Waals surface area contributed by atoms with Crippen molar-refractivity contribution in [2.24, 2.45) is 5.73 Å². The van der Waals surface area contributed by atoms with Crippen LogP contribution in [0, 0.1) is 0 Å². The summed E-state index contributed by atoms with van der Waals surface area (Å²) in [5.74, 6) is 1.74. The topological polar surface area (TPSA) is 82.8 Å². The van der Waals surface area contributed by atoms with Gasteiger partial charge in [0, 0.05) is 29.0 Å². The molecule has 1 aliphatic rings. The molecule has 0 amide bonds. The first-order valence-electron chi connectivity index (χ1n) is 8.68. The normalized spacial score (nSPS) is 21.7. The van der Waals surface area contributed by atoms with Crippen molar-refractivity contribution in [3.8, 4) is 11.4 Å². The third kappa shape index (κ3) is 2.71. The molecule has 1 saturated carbocycles. The Kier molecular flexibility index (Phi) is 3.84. The fraction of sp³-hybridized carbons (Fsp3) is 0.500. The van der Waals surface area contributed by atoms with E-state index in [0.29, 0.717) is 23.8 Å². The molecule has 4 rings (SSSR count). The highest BCUT2D eigenvalue weighted by molar-refractivity contribution is 5.83. The summed E-state index contributed by atoms with van der Waals surface area (Å²) >= 11 is 0. The fourth-order valence-corrected chi connectivity index (χ4v) is 3.47. The van der Waals surface area contributed by atoms with Gasteiger partial charge in [0.25, 0.3) is 0 Å². The second-order valence-corrected chi connectivity index (χ2v) is 7.02. The molecule has 24 heavy (non-hydrogen) atoms. The Hall–Kier alpha value is -2.21. The van der Waals surface area contributed by atoms with Crippen molar-refractivity contribution >= 4 is 10.9 Å². The van der Waals surface area contributed by atoms with Gasteiger partial charge in [0.05, 0.1) is 11.7 Å². The van der Waals surface area contributed by atoms with E-state index in [-0.39, 0.29) is 0 Å². The number of aromatic nitrogens is 4. The Labute approximate surface area is 141 Å². The van der Waals surface area contributed by atoms with Crippen LogP contribution in [0.1, 0.15) is 57.4 Å². The van der Waals surface area contributed by atoms with Gasteiger partial charge in [0.1, 0.15) is 0 Å². The minimum Gasteiger partial charge on any atom is -0.339 e. The summed E-state index contributed by atoms with van der Waals surface area (Å²) in [6, 6.07) is 6.81. The molecule has 2 N–H and O–H groups in total. The Balaban J connectivity index is 1.64. The standard InChI is InChI=1S/C18H23N5O/c1-11(2)23-16-9-13(3-4-14(16)10-20-23)17-21-18(24-22-17)12-5-7-15(19)8-6-12/h3-4,9-12,15H,5-8,19H2,1-2H3/t12-,15-. The average Bonchev–Trinajstić information content (AvgIpc) is 3.22. The minimum absolute atomic E-state index is 0.310. The second-order valence-electron chi connectivity index (χ2n) is 7.02. The lowest BCUT2D eigenvalue weighted by Crippen LogP contribution is -2.25. The van der Waals surface area contributed by atoms with Crippen molar-refractivity contribution in [2.75, 3.05) is 0 Å². The van der Waals surface area contributed by atoms with Crippen LogP contribution in [0.15, 0.2) is 28.9 Å². The van der Waals surface area contributed by atoms with Crippen molar-refractivity contribution in [3.63, 3.8) is 0 Å². The zero-order valence-electron chi connectivity index (χ0n) is 14.1. The molecule has 0 saturated heterocycles. The molecule has 1 aliphatic carbocycles. The summed E-state index contributed by atoms with van der Waals surface area (Å²) in [5, 5.41) is 9.78. The van der Waals surface area contributed by atoms with E-state index < -0.39 is 0 Å². The van der Waals surface area contributed by atoms with Gasteiger partial charge in [-0.3, -0.25) is 4.68 Å². The van der Waals surface area contributed by atoms with Crippen LogP contribution in [0.3, 0.4) is 0 Å². The molecule has 0 aliphatic heterocycles.